The van der Waals surface area contributed by atoms with Gasteiger partial charge in [0, 0.05) is 45.2 Å². The molecule has 0 fully saturated rings. The number of hydrogen-bond acceptors (Lipinski definition) is 4. The first-order valence-electron chi connectivity index (χ1n) is 7.35. The van der Waals surface area contributed by atoms with Crippen molar-refractivity contribution in [1.29, 1.82) is 0 Å². The van der Waals surface area contributed by atoms with E-state index in [0.717, 1.165) is 12.8 Å². The molecule has 118 valence electrons. The van der Waals surface area contributed by atoms with Gasteiger partial charge in [-0.05, 0) is 18.9 Å². The van der Waals surface area contributed by atoms with Crippen molar-refractivity contribution in [2.24, 2.45) is 5.10 Å². The van der Waals surface area contributed by atoms with Gasteiger partial charge >= 0.3 is 0 Å². The zero-order valence-corrected chi connectivity index (χ0v) is 12.6. The molecule has 0 atom stereocenters. The molecule has 1 aliphatic rings. The summed E-state index contributed by atoms with van der Waals surface area (Å²) in [5.41, 5.74) is 0.372. The molecule has 7 nitrogen and oxygen atoms in total. The van der Waals surface area contributed by atoms with Gasteiger partial charge in [-0.2, -0.15) is 5.10 Å². The number of hydrogen-bond donors (Lipinski definition) is 1. The van der Waals surface area contributed by atoms with Crippen LogP contribution in [0.2, 0.25) is 0 Å². The van der Waals surface area contributed by atoms with Crippen LogP contribution in [0.4, 0.5) is 0 Å². The van der Waals surface area contributed by atoms with E-state index in [1.54, 1.807) is 23.9 Å². The molecule has 1 aromatic heterocycles. The van der Waals surface area contributed by atoms with Crippen molar-refractivity contribution in [2.45, 2.75) is 32.2 Å². The molecule has 0 spiro atoms. The van der Waals surface area contributed by atoms with Crippen LogP contribution in [0.15, 0.2) is 34.3 Å². The number of carbonyl (C=O) groups excluding carboxylic acids is 2. The number of carbonyl (C=O) groups is 2. The molecule has 0 saturated heterocycles. The molecule has 0 unspecified atom stereocenters. The highest BCUT2D eigenvalue weighted by molar-refractivity contribution is 6.39. The number of rotatable bonds is 6. The number of pyridine rings is 1. The van der Waals surface area contributed by atoms with Gasteiger partial charge in [0.2, 0.25) is 11.5 Å². The molecule has 0 saturated carbocycles. The lowest BCUT2D eigenvalue weighted by Gasteiger charge is -2.18. The Morgan fingerprint density at radius 1 is 1.27 bits per heavy atom. The summed E-state index contributed by atoms with van der Waals surface area (Å²) >= 11 is 0. The summed E-state index contributed by atoms with van der Waals surface area (Å²) in [6.45, 7) is 1.16. The third kappa shape index (κ3) is 4.28. The highest BCUT2D eigenvalue weighted by Gasteiger charge is 2.21. The molecule has 1 N–H and O–H groups in total. The molecule has 0 aromatic carbocycles. The highest BCUT2D eigenvalue weighted by atomic mass is 16.2. The Labute approximate surface area is 128 Å². The molecule has 2 amide bonds. The van der Waals surface area contributed by atoms with E-state index in [-0.39, 0.29) is 17.4 Å². The van der Waals surface area contributed by atoms with Crippen LogP contribution in [-0.4, -0.2) is 40.7 Å². The van der Waals surface area contributed by atoms with Crippen LogP contribution in [0.3, 0.4) is 0 Å². The minimum absolute atomic E-state index is 0.0178. The normalized spacial score (nSPS) is 14.7. The van der Waals surface area contributed by atoms with E-state index < -0.39 is 0 Å². The number of hydrazone groups is 1. The van der Waals surface area contributed by atoms with Gasteiger partial charge in [-0.25, -0.2) is 5.01 Å². The molecule has 1 aromatic rings. The lowest BCUT2D eigenvalue weighted by Crippen LogP contribution is -2.38. The molecule has 2 heterocycles. The van der Waals surface area contributed by atoms with Gasteiger partial charge in [0.25, 0.3) is 5.91 Å². The molecule has 22 heavy (non-hydrogen) atoms. The summed E-state index contributed by atoms with van der Waals surface area (Å²) in [5, 5.41) is 7.97. The lowest BCUT2D eigenvalue weighted by atomic mass is 10.1. The van der Waals surface area contributed by atoms with E-state index in [9.17, 15) is 14.4 Å². The van der Waals surface area contributed by atoms with Crippen molar-refractivity contribution in [1.82, 2.24) is 14.9 Å². The number of unbranched alkanes of at least 4 members (excludes halogenated alkanes) is 1. The number of aryl methyl sites for hydroxylation is 1. The second-order valence-electron chi connectivity index (χ2n) is 5.16. The predicted octanol–water partition coefficient (Wildman–Crippen LogP) is 0.353. The van der Waals surface area contributed by atoms with Crippen LogP contribution in [0.25, 0.3) is 0 Å². The Morgan fingerprint density at radius 2 is 2.09 bits per heavy atom. The van der Waals surface area contributed by atoms with E-state index in [4.69, 9.17) is 0 Å². The van der Waals surface area contributed by atoms with Crippen molar-refractivity contribution in [3.05, 3.63) is 34.7 Å². The molecular weight excluding hydrogens is 284 g/mol. The largest absolute Gasteiger partial charge is 0.351 e. The monoisotopic (exact) mass is 304 g/mol. The fourth-order valence-electron chi connectivity index (χ4n) is 2.19. The van der Waals surface area contributed by atoms with Crippen molar-refractivity contribution in [3.63, 3.8) is 0 Å². The van der Waals surface area contributed by atoms with Crippen LogP contribution in [0.1, 0.15) is 25.7 Å². The summed E-state index contributed by atoms with van der Waals surface area (Å²) in [7, 11) is 1.55. The zero-order valence-electron chi connectivity index (χ0n) is 12.6. The standard InChI is InChI=1S/C15H20N4O3/c1-18-13(20)8-7-12(17-18)15(22)16-9-3-5-11-19-10-4-2-6-14(19)21/h2,4,6,10H,3,5,7-9,11H2,1H3,(H,16,22). The summed E-state index contributed by atoms with van der Waals surface area (Å²) in [6, 6.07) is 5.06. The smallest absolute Gasteiger partial charge is 0.267 e. The van der Waals surface area contributed by atoms with Crippen LogP contribution in [0, 0.1) is 0 Å². The number of amides is 2. The van der Waals surface area contributed by atoms with Gasteiger partial charge in [0.05, 0.1) is 0 Å². The van der Waals surface area contributed by atoms with Crippen LogP contribution in [0.5, 0.6) is 0 Å². The minimum atomic E-state index is -0.226. The summed E-state index contributed by atoms with van der Waals surface area (Å²) < 4.78 is 1.65. The zero-order chi connectivity index (χ0) is 15.9. The first-order valence-corrected chi connectivity index (χ1v) is 7.35. The SMILES string of the molecule is CN1N=C(C(=O)NCCCCn2ccccc2=O)CCC1=O. The van der Waals surface area contributed by atoms with Crippen molar-refractivity contribution < 1.29 is 9.59 Å². The highest BCUT2D eigenvalue weighted by Crippen LogP contribution is 2.06. The topological polar surface area (TPSA) is 83.8 Å². The Morgan fingerprint density at radius 3 is 2.82 bits per heavy atom. The Kier molecular flexibility index (Phi) is 5.46. The number of nitrogens with one attached hydrogen (secondary N) is 1. The fraction of sp³-hybridized carbons (Fsp3) is 0.467. The summed E-state index contributed by atoms with van der Waals surface area (Å²) in [5.74, 6) is -0.305. The number of nitrogens with zero attached hydrogens (tertiary/aromatic N) is 3. The maximum absolute atomic E-state index is 11.9. The lowest BCUT2D eigenvalue weighted by molar-refractivity contribution is -0.130. The third-order valence-electron chi connectivity index (χ3n) is 3.48. The first-order chi connectivity index (χ1) is 10.6. The van der Waals surface area contributed by atoms with Gasteiger partial charge < -0.3 is 9.88 Å². The van der Waals surface area contributed by atoms with E-state index in [2.05, 4.69) is 10.4 Å². The average Bonchev–Trinajstić information content (AvgIpc) is 2.51. The Balaban J connectivity index is 1.70. The Bertz CT molecular complexity index is 636. The van der Waals surface area contributed by atoms with Gasteiger partial charge in [0.15, 0.2) is 0 Å². The third-order valence-corrected chi connectivity index (χ3v) is 3.48. The summed E-state index contributed by atoms with van der Waals surface area (Å²) in [6.07, 6.45) is 4.03. The maximum atomic E-state index is 11.9. The van der Waals surface area contributed by atoms with Gasteiger partial charge in [-0.3, -0.25) is 14.4 Å². The molecular formula is C15H20N4O3. The van der Waals surface area contributed by atoms with Gasteiger partial charge in [-0.1, -0.05) is 6.07 Å². The average molecular weight is 304 g/mol. The maximum Gasteiger partial charge on any atom is 0.267 e. The summed E-state index contributed by atoms with van der Waals surface area (Å²) in [4.78, 5) is 34.7. The quantitative estimate of drug-likeness (QED) is 0.770. The molecule has 0 aliphatic carbocycles. The second kappa shape index (κ2) is 7.53. The van der Waals surface area contributed by atoms with Crippen LogP contribution < -0.4 is 10.9 Å². The molecule has 0 bridgehead atoms. The van der Waals surface area contributed by atoms with Gasteiger partial charge in [-0.15, -0.1) is 0 Å². The second-order valence-corrected chi connectivity index (χ2v) is 5.16. The van der Waals surface area contributed by atoms with E-state index >= 15 is 0 Å². The van der Waals surface area contributed by atoms with E-state index in [1.165, 1.54) is 11.1 Å². The fourth-order valence-corrected chi connectivity index (χ4v) is 2.19. The first kappa shape index (κ1) is 15.9. The molecule has 1 aliphatic heterocycles. The molecule has 7 heteroatoms. The van der Waals surface area contributed by atoms with Crippen molar-refractivity contribution >= 4 is 17.5 Å². The predicted molar refractivity (Wildman–Crippen MR) is 82.4 cm³/mol. The van der Waals surface area contributed by atoms with Crippen molar-refractivity contribution in [2.75, 3.05) is 13.6 Å². The van der Waals surface area contributed by atoms with E-state index in [0.29, 0.717) is 31.6 Å². The minimum Gasteiger partial charge on any atom is -0.351 e. The van der Waals surface area contributed by atoms with Crippen LogP contribution in [-0.2, 0) is 16.1 Å². The van der Waals surface area contributed by atoms with Crippen LogP contribution >= 0.6 is 0 Å². The Hall–Kier alpha value is -2.44. The van der Waals surface area contributed by atoms with E-state index in [1.807, 2.05) is 6.07 Å². The molecule has 0 radical (unpaired) electrons. The van der Waals surface area contributed by atoms with Crippen molar-refractivity contribution in [3.8, 4) is 0 Å². The number of aromatic nitrogens is 1. The molecule has 2 rings (SSSR count). The van der Waals surface area contributed by atoms with Gasteiger partial charge in [0.1, 0.15) is 5.71 Å².